The number of phenols is 2. The molecule has 0 fully saturated rings. The topological polar surface area (TPSA) is 144 Å². The summed E-state index contributed by atoms with van der Waals surface area (Å²) in [4.78, 5) is 6.56. The van der Waals surface area contributed by atoms with Gasteiger partial charge in [0.25, 0.3) is 6.29 Å². The lowest BCUT2D eigenvalue weighted by Gasteiger charge is -2.24. The van der Waals surface area contributed by atoms with E-state index in [0.29, 0.717) is 17.1 Å². The maximum absolute atomic E-state index is 10.8. The van der Waals surface area contributed by atoms with E-state index in [4.69, 9.17) is 14.0 Å². The lowest BCUT2D eigenvalue weighted by atomic mass is 10.1. The van der Waals surface area contributed by atoms with Gasteiger partial charge in [0.05, 0.1) is 18.6 Å². The lowest BCUT2D eigenvalue weighted by molar-refractivity contribution is 0.0148. The first kappa shape index (κ1) is 24.8. The fourth-order valence-corrected chi connectivity index (χ4v) is 4.05. The van der Waals surface area contributed by atoms with Gasteiger partial charge in [-0.2, -0.15) is 8.42 Å². The number of hydrogen-bond donors (Lipinski definition) is 3. The summed E-state index contributed by atoms with van der Waals surface area (Å²) < 4.78 is 48.7. The van der Waals surface area contributed by atoms with Gasteiger partial charge in [0.2, 0.25) is 0 Å². The molecular weight excluding hydrogens is 478 g/mol. The van der Waals surface area contributed by atoms with Crippen LogP contribution >= 0.6 is 0 Å². The number of benzene rings is 2. The zero-order valence-corrected chi connectivity index (χ0v) is 20.1. The number of aromatic nitrogens is 2. The molecule has 0 saturated heterocycles. The van der Waals surface area contributed by atoms with Crippen molar-refractivity contribution in [3.63, 3.8) is 0 Å². The van der Waals surface area contributed by atoms with Crippen molar-refractivity contribution in [3.05, 3.63) is 65.7 Å². The molecule has 0 amide bonds. The van der Waals surface area contributed by atoms with Gasteiger partial charge >= 0.3 is 10.4 Å². The number of imidazole rings is 1. The van der Waals surface area contributed by atoms with Crippen LogP contribution in [0, 0.1) is 0 Å². The Kier molecular flexibility index (Phi) is 7.17. The highest BCUT2D eigenvalue weighted by molar-refractivity contribution is 7.80. The maximum atomic E-state index is 10.8. The number of ether oxygens (including phenoxy) is 2. The second kappa shape index (κ2) is 10.1. The van der Waals surface area contributed by atoms with Crippen LogP contribution in [0.1, 0.15) is 22.9 Å². The first-order chi connectivity index (χ1) is 16.6. The van der Waals surface area contributed by atoms with E-state index in [2.05, 4.69) is 14.1 Å². The molecule has 2 atom stereocenters. The third-order valence-corrected chi connectivity index (χ3v) is 5.97. The average molecular weight is 506 g/mol. The minimum atomic E-state index is -4.51. The molecule has 12 heteroatoms. The number of likely N-dealkylation sites (N-methyl/N-ethyl adjacent to an activating group) is 1. The van der Waals surface area contributed by atoms with E-state index < -0.39 is 22.7 Å². The Morgan fingerprint density at radius 2 is 1.86 bits per heavy atom. The van der Waals surface area contributed by atoms with E-state index in [0.717, 1.165) is 24.2 Å². The van der Waals surface area contributed by atoms with Crippen molar-refractivity contribution < 1.29 is 36.8 Å². The van der Waals surface area contributed by atoms with Crippen LogP contribution in [0.4, 0.5) is 0 Å². The van der Waals surface area contributed by atoms with E-state index in [1.165, 1.54) is 12.1 Å². The average Bonchev–Trinajstić information content (AvgIpc) is 3.41. The number of phenolic OH excluding ortho intramolecular Hbond substituents is 2. The number of aromatic hydroxyl groups is 2. The van der Waals surface area contributed by atoms with Crippen LogP contribution in [-0.2, 0) is 27.4 Å². The molecule has 1 aliphatic heterocycles. The largest absolute Gasteiger partial charge is 0.504 e. The summed E-state index contributed by atoms with van der Waals surface area (Å²) in [6.45, 7) is 0.607. The summed E-state index contributed by atoms with van der Waals surface area (Å²) in [5.41, 5.74) is 2.24. The molecule has 35 heavy (non-hydrogen) atoms. The van der Waals surface area contributed by atoms with Crippen LogP contribution in [-0.4, -0.2) is 71.2 Å². The highest BCUT2D eigenvalue weighted by Gasteiger charge is 2.35. The van der Waals surface area contributed by atoms with Crippen molar-refractivity contribution in [1.82, 2.24) is 14.5 Å². The maximum Gasteiger partial charge on any atom is 0.397 e. The highest BCUT2D eigenvalue weighted by atomic mass is 32.3. The predicted octanol–water partition coefficient (Wildman–Crippen LogP) is 2.15. The summed E-state index contributed by atoms with van der Waals surface area (Å²) >= 11 is 0. The van der Waals surface area contributed by atoms with Crippen molar-refractivity contribution in [2.75, 3.05) is 27.2 Å². The minimum Gasteiger partial charge on any atom is -0.504 e. The Morgan fingerprint density at radius 1 is 1.09 bits per heavy atom. The van der Waals surface area contributed by atoms with Crippen molar-refractivity contribution in [3.8, 4) is 23.0 Å². The van der Waals surface area contributed by atoms with Crippen LogP contribution in [0.2, 0.25) is 0 Å². The molecule has 1 aliphatic rings. The van der Waals surface area contributed by atoms with Crippen LogP contribution in [0.3, 0.4) is 0 Å². The van der Waals surface area contributed by atoms with Crippen molar-refractivity contribution in [2.24, 2.45) is 0 Å². The van der Waals surface area contributed by atoms with E-state index in [-0.39, 0.29) is 24.5 Å². The van der Waals surface area contributed by atoms with Crippen molar-refractivity contribution in [2.45, 2.75) is 25.2 Å². The van der Waals surface area contributed by atoms with E-state index >= 15 is 0 Å². The predicted molar refractivity (Wildman–Crippen MR) is 125 cm³/mol. The molecule has 0 bridgehead atoms. The monoisotopic (exact) mass is 505 g/mol. The smallest absolute Gasteiger partial charge is 0.397 e. The number of rotatable bonds is 10. The molecule has 1 aromatic heterocycles. The molecule has 2 heterocycles. The third-order valence-electron chi connectivity index (χ3n) is 5.51. The van der Waals surface area contributed by atoms with Crippen LogP contribution in [0.25, 0.3) is 0 Å². The minimum absolute atomic E-state index is 0.220. The van der Waals surface area contributed by atoms with Crippen LogP contribution in [0.15, 0.2) is 48.9 Å². The fraction of sp³-hybridized carbons (Fsp3) is 0.348. The molecule has 11 nitrogen and oxygen atoms in total. The normalized spacial score (nSPS) is 16.1. The number of nitrogens with zero attached hydrogens (tertiary/aromatic N) is 3. The quantitative estimate of drug-likeness (QED) is 0.277. The lowest BCUT2D eigenvalue weighted by Crippen LogP contribution is -2.31. The van der Waals surface area contributed by atoms with Crippen LogP contribution in [0.5, 0.6) is 23.0 Å². The number of fused-ring (bicyclic) bond motifs is 1. The first-order valence-corrected chi connectivity index (χ1v) is 12.2. The molecule has 2 unspecified atom stereocenters. The van der Waals surface area contributed by atoms with Crippen LogP contribution < -0.4 is 9.47 Å². The molecule has 4 rings (SSSR count). The second-order valence-corrected chi connectivity index (χ2v) is 9.53. The Morgan fingerprint density at radius 3 is 2.57 bits per heavy atom. The van der Waals surface area contributed by atoms with Gasteiger partial charge in [-0.3, -0.25) is 4.55 Å². The molecule has 3 N–H and O–H groups in total. The first-order valence-electron chi connectivity index (χ1n) is 10.9. The summed E-state index contributed by atoms with van der Waals surface area (Å²) in [6.07, 6.45) is 3.73. The molecule has 0 saturated carbocycles. The Hall–Kier alpha value is -3.32. The zero-order valence-electron chi connectivity index (χ0n) is 19.2. The van der Waals surface area contributed by atoms with Gasteiger partial charge in [0.1, 0.15) is 6.04 Å². The summed E-state index contributed by atoms with van der Waals surface area (Å²) in [6, 6.07) is 9.15. The molecule has 0 aliphatic carbocycles. The highest BCUT2D eigenvalue weighted by Crippen LogP contribution is 2.41. The number of hydrogen-bond acceptors (Lipinski definition) is 9. The van der Waals surface area contributed by atoms with E-state index in [1.807, 2.05) is 24.9 Å². The van der Waals surface area contributed by atoms with Gasteiger partial charge in [-0.25, -0.2) is 9.17 Å². The molecule has 2 aromatic carbocycles. The Bertz CT molecular complexity index is 1290. The molecule has 3 aromatic rings. The van der Waals surface area contributed by atoms with Crippen molar-refractivity contribution in [1.29, 1.82) is 0 Å². The summed E-state index contributed by atoms with van der Waals surface area (Å²) in [5, 5.41) is 19.9. The van der Waals surface area contributed by atoms with Gasteiger partial charge in [-0.05, 0) is 55.9 Å². The summed E-state index contributed by atoms with van der Waals surface area (Å²) in [5.74, 6) is 0.450. The standard InChI is InChI=1S/C23H27N3O8S/c1-25(2)9-7-17-13-26(14-24-17)22(16-4-5-18(27)19(28)12-16)23-33-20-6-3-15(11-21(20)34-23)8-10-32-35(29,30)31/h3-6,11-14,22-23,27-28H,7-10H2,1-2H3,(H,29,30,31). The molecular formula is C23H27N3O8S. The molecule has 0 spiro atoms. The third kappa shape index (κ3) is 6.22. The van der Waals surface area contributed by atoms with Crippen molar-refractivity contribution >= 4 is 10.4 Å². The Labute approximate surface area is 203 Å². The van der Waals surface area contributed by atoms with Gasteiger partial charge in [0, 0.05) is 19.2 Å². The summed E-state index contributed by atoms with van der Waals surface area (Å²) in [7, 11) is -0.535. The van der Waals surface area contributed by atoms with E-state index in [1.54, 1.807) is 30.6 Å². The van der Waals surface area contributed by atoms with Gasteiger partial charge in [-0.15, -0.1) is 0 Å². The van der Waals surface area contributed by atoms with Gasteiger partial charge in [-0.1, -0.05) is 12.1 Å². The van der Waals surface area contributed by atoms with Gasteiger partial charge in [0.15, 0.2) is 23.0 Å². The molecule has 0 radical (unpaired) electrons. The van der Waals surface area contributed by atoms with E-state index in [9.17, 15) is 18.6 Å². The van der Waals surface area contributed by atoms with Gasteiger partial charge < -0.3 is 29.2 Å². The second-order valence-electron chi connectivity index (χ2n) is 8.44. The fourth-order valence-electron chi connectivity index (χ4n) is 3.76. The molecule has 188 valence electrons. The SMILES string of the molecule is CN(C)CCc1cn(C(c2ccc(O)c(O)c2)C2Oc3ccc(CCOS(=O)(=O)O)cc3O2)cn1. The zero-order chi connectivity index (χ0) is 25.2. The Balaban J connectivity index is 1.58.